The third-order valence-corrected chi connectivity index (χ3v) is 8.44. The van der Waals surface area contributed by atoms with Gasteiger partial charge in [-0.2, -0.15) is 4.31 Å². The molecule has 2 atom stereocenters. The summed E-state index contributed by atoms with van der Waals surface area (Å²) in [4.78, 5) is 7.42. The van der Waals surface area contributed by atoms with Crippen LogP contribution in [0.15, 0.2) is 52.0 Å². The standard InChI is InChI=1S/C21H20BrClFN3O3S/c1-12-11-27(7-6-19(12)28)31(29,30)20-9-14(3-5-16(20)23)21-25-10-18(26-21)13-2-4-15(22)17(24)8-13/h2-5,8-10,12,19,28H,6-7,11H2,1H3,(H,25,26)/t12-,19-/m1/s1. The van der Waals surface area contributed by atoms with Gasteiger partial charge in [-0.15, -0.1) is 0 Å². The Hall–Kier alpha value is -1.78. The third-order valence-electron chi connectivity index (χ3n) is 5.45. The molecular formula is C21H20BrClFN3O3S. The molecular weight excluding hydrogens is 509 g/mol. The second kappa shape index (κ2) is 8.63. The maximum absolute atomic E-state index is 13.9. The maximum atomic E-state index is 13.9. The molecule has 2 N–H and O–H groups in total. The first kappa shape index (κ1) is 22.4. The number of aromatic amines is 1. The summed E-state index contributed by atoms with van der Waals surface area (Å²) in [6.07, 6.45) is 1.43. The average Bonchev–Trinajstić information content (AvgIpc) is 3.22. The first-order chi connectivity index (χ1) is 14.7. The molecule has 1 saturated heterocycles. The van der Waals surface area contributed by atoms with Crippen molar-refractivity contribution in [2.24, 2.45) is 5.92 Å². The Kier molecular flexibility index (Phi) is 6.24. The summed E-state index contributed by atoms with van der Waals surface area (Å²) in [6.45, 7) is 2.28. The third kappa shape index (κ3) is 4.42. The number of sulfonamides is 1. The molecule has 1 aliphatic heterocycles. The normalized spacial score (nSPS) is 20.2. The number of aliphatic hydroxyl groups is 1. The smallest absolute Gasteiger partial charge is 0.244 e. The molecule has 3 aromatic rings. The van der Waals surface area contributed by atoms with Crippen molar-refractivity contribution in [3.63, 3.8) is 0 Å². The van der Waals surface area contributed by atoms with Crippen LogP contribution in [0.1, 0.15) is 13.3 Å². The van der Waals surface area contributed by atoms with Crippen molar-refractivity contribution >= 4 is 37.6 Å². The van der Waals surface area contributed by atoms with E-state index in [1.807, 2.05) is 6.92 Å². The Morgan fingerprint density at radius 3 is 2.71 bits per heavy atom. The zero-order valence-corrected chi connectivity index (χ0v) is 19.7. The van der Waals surface area contributed by atoms with Gasteiger partial charge in [0.05, 0.1) is 27.5 Å². The molecule has 10 heteroatoms. The van der Waals surface area contributed by atoms with Gasteiger partial charge in [-0.3, -0.25) is 0 Å². The minimum atomic E-state index is -3.84. The van der Waals surface area contributed by atoms with Crippen LogP contribution in [0.5, 0.6) is 0 Å². The summed E-state index contributed by atoms with van der Waals surface area (Å²) in [5, 5.41) is 10.0. The van der Waals surface area contributed by atoms with Gasteiger partial charge in [0, 0.05) is 24.2 Å². The molecule has 0 radical (unpaired) electrons. The van der Waals surface area contributed by atoms with Crippen molar-refractivity contribution in [2.75, 3.05) is 13.1 Å². The van der Waals surface area contributed by atoms with Crippen LogP contribution in [0.4, 0.5) is 4.39 Å². The predicted octanol–water partition coefficient (Wildman–Crippen LogP) is 4.69. The van der Waals surface area contributed by atoms with Crippen LogP contribution in [-0.4, -0.2) is 47.0 Å². The molecule has 1 fully saturated rings. The van der Waals surface area contributed by atoms with Gasteiger partial charge in [-0.25, -0.2) is 17.8 Å². The van der Waals surface area contributed by atoms with Crippen LogP contribution in [0.2, 0.25) is 5.02 Å². The maximum Gasteiger partial charge on any atom is 0.244 e. The highest BCUT2D eigenvalue weighted by molar-refractivity contribution is 9.10. The quantitative estimate of drug-likeness (QED) is 0.514. The lowest BCUT2D eigenvalue weighted by molar-refractivity contribution is 0.0628. The van der Waals surface area contributed by atoms with E-state index in [4.69, 9.17) is 11.6 Å². The van der Waals surface area contributed by atoms with E-state index in [0.29, 0.717) is 33.5 Å². The Labute approximate surface area is 193 Å². The van der Waals surface area contributed by atoms with Crippen molar-refractivity contribution in [1.82, 2.24) is 14.3 Å². The average molecular weight is 529 g/mol. The van der Waals surface area contributed by atoms with Crippen molar-refractivity contribution < 1.29 is 17.9 Å². The second-order valence-corrected chi connectivity index (χ2v) is 10.8. The van der Waals surface area contributed by atoms with Crippen LogP contribution in [0, 0.1) is 11.7 Å². The van der Waals surface area contributed by atoms with Crippen LogP contribution in [0.3, 0.4) is 0 Å². The van der Waals surface area contributed by atoms with Crippen LogP contribution >= 0.6 is 27.5 Å². The van der Waals surface area contributed by atoms with E-state index in [1.54, 1.807) is 24.4 Å². The molecule has 0 unspecified atom stereocenters. The second-order valence-electron chi connectivity index (χ2n) is 7.62. The van der Waals surface area contributed by atoms with Gasteiger partial charge < -0.3 is 10.1 Å². The predicted molar refractivity (Wildman–Crippen MR) is 121 cm³/mol. The molecule has 164 valence electrons. The number of nitrogens with zero attached hydrogens (tertiary/aromatic N) is 2. The molecule has 31 heavy (non-hydrogen) atoms. The van der Waals surface area contributed by atoms with Crippen molar-refractivity contribution in [2.45, 2.75) is 24.3 Å². The fourth-order valence-electron chi connectivity index (χ4n) is 3.58. The largest absolute Gasteiger partial charge is 0.393 e. The molecule has 1 aromatic heterocycles. The first-order valence-corrected chi connectivity index (χ1v) is 12.3. The number of nitrogens with one attached hydrogen (secondary N) is 1. The number of hydrogen-bond donors (Lipinski definition) is 2. The van der Waals surface area contributed by atoms with E-state index in [-0.39, 0.29) is 28.9 Å². The molecule has 0 bridgehead atoms. The van der Waals surface area contributed by atoms with E-state index in [2.05, 4.69) is 25.9 Å². The molecule has 6 nitrogen and oxygen atoms in total. The van der Waals surface area contributed by atoms with Crippen LogP contribution in [0.25, 0.3) is 22.6 Å². The number of piperidine rings is 1. The zero-order chi connectivity index (χ0) is 22.3. The minimum Gasteiger partial charge on any atom is -0.393 e. The SMILES string of the molecule is C[C@@H]1CN(S(=O)(=O)c2cc(-c3ncc(-c4ccc(Br)c(F)c4)[nH]3)ccc2Cl)CC[C@H]1O. The molecule has 1 aliphatic rings. The molecule has 2 heterocycles. The van der Waals surface area contributed by atoms with Crippen molar-refractivity contribution in [1.29, 1.82) is 0 Å². The lowest BCUT2D eigenvalue weighted by Gasteiger charge is -2.33. The van der Waals surface area contributed by atoms with E-state index in [9.17, 15) is 17.9 Å². The number of H-pyrrole nitrogens is 1. The Morgan fingerprint density at radius 1 is 1.26 bits per heavy atom. The molecule has 0 aliphatic carbocycles. The minimum absolute atomic E-state index is 0.0112. The Balaban J connectivity index is 1.67. The zero-order valence-electron chi connectivity index (χ0n) is 16.5. The topological polar surface area (TPSA) is 86.3 Å². The number of benzene rings is 2. The highest BCUT2D eigenvalue weighted by Crippen LogP contribution is 2.32. The van der Waals surface area contributed by atoms with Gasteiger partial charge in [0.2, 0.25) is 10.0 Å². The fraction of sp³-hybridized carbons (Fsp3) is 0.286. The van der Waals surface area contributed by atoms with Gasteiger partial charge in [0.1, 0.15) is 16.5 Å². The summed E-state index contributed by atoms with van der Waals surface area (Å²) in [7, 11) is -3.84. The van der Waals surface area contributed by atoms with E-state index in [1.165, 1.54) is 22.5 Å². The number of aromatic nitrogens is 2. The van der Waals surface area contributed by atoms with Gasteiger partial charge >= 0.3 is 0 Å². The summed E-state index contributed by atoms with van der Waals surface area (Å²) >= 11 is 9.38. The monoisotopic (exact) mass is 527 g/mol. The van der Waals surface area contributed by atoms with E-state index in [0.717, 1.165) is 0 Å². The van der Waals surface area contributed by atoms with Gasteiger partial charge in [0.15, 0.2) is 0 Å². The lowest BCUT2D eigenvalue weighted by Crippen LogP contribution is -2.44. The van der Waals surface area contributed by atoms with Gasteiger partial charge in [0.25, 0.3) is 0 Å². The van der Waals surface area contributed by atoms with Crippen molar-refractivity contribution in [3.8, 4) is 22.6 Å². The highest BCUT2D eigenvalue weighted by atomic mass is 79.9. The molecule has 2 aromatic carbocycles. The molecule has 0 spiro atoms. The number of rotatable bonds is 4. The van der Waals surface area contributed by atoms with Gasteiger partial charge in [-0.1, -0.05) is 24.6 Å². The highest BCUT2D eigenvalue weighted by Gasteiger charge is 2.34. The van der Waals surface area contributed by atoms with E-state index >= 15 is 0 Å². The molecule has 0 saturated carbocycles. The molecule has 0 amide bonds. The number of hydrogen-bond acceptors (Lipinski definition) is 4. The number of halogens is 3. The summed E-state index contributed by atoms with van der Waals surface area (Å²) in [5.41, 5.74) is 1.75. The van der Waals surface area contributed by atoms with E-state index < -0.39 is 21.9 Å². The Bertz CT molecular complexity index is 1230. The number of imidazole rings is 1. The molecule has 4 rings (SSSR count). The lowest BCUT2D eigenvalue weighted by atomic mass is 9.99. The van der Waals surface area contributed by atoms with Crippen LogP contribution < -0.4 is 0 Å². The summed E-state index contributed by atoms with van der Waals surface area (Å²) < 4.78 is 42.0. The summed E-state index contributed by atoms with van der Waals surface area (Å²) in [5.74, 6) is -0.118. The van der Waals surface area contributed by atoms with Crippen molar-refractivity contribution in [3.05, 3.63) is 57.9 Å². The number of aliphatic hydroxyl groups excluding tert-OH is 1. The summed E-state index contributed by atoms with van der Waals surface area (Å²) in [6, 6.07) is 9.41. The van der Waals surface area contributed by atoms with Crippen LogP contribution in [-0.2, 0) is 10.0 Å². The Morgan fingerprint density at radius 2 is 2.00 bits per heavy atom. The fourth-order valence-corrected chi connectivity index (χ4v) is 5.88. The van der Waals surface area contributed by atoms with Gasteiger partial charge in [-0.05, 0) is 58.6 Å². The first-order valence-electron chi connectivity index (χ1n) is 9.65.